The van der Waals surface area contributed by atoms with Crippen molar-refractivity contribution in [1.82, 2.24) is 55.1 Å². The Kier molecular flexibility index (Phi) is 25.2. The molecule has 0 radical (unpaired) electrons. The SMILES string of the molecule is C[C@@H](O)C(C(=O)N1C[C@@H](SC2=C(C(=O)O)N3C(=O)[C@H]([C@@H](C)O)[C@H]3[C@H]2C)C[C@H]1C(=O)N(C)C)C1NC(C(=O)O)=C(S[C@@H]2CN[C@H](C(=O)N(C)C)C2)[C@@H]1C.C[C@H]1C(S[C@@H]2CN[C@H](C(=O)N(C)C)C2)C(C(=O)O)=NC1C(C(=O)N1C[C@@H](SC2=C(C(=O)O)N3C(=O)[C@H]([C@@H](C)O)[C@H]3[C@H]2C)C[C@H]1C(=O)N(C)C)[C@@H](C)O. The normalized spacial score (nSPS) is 33.7. The number of carboxylic acids is 4. The van der Waals surface area contributed by atoms with E-state index in [0.29, 0.717) is 40.6 Å². The molecule has 0 aromatic carbocycles. The van der Waals surface area contributed by atoms with Crippen LogP contribution in [0.25, 0.3) is 0 Å². The number of amides is 8. The van der Waals surface area contributed by atoms with Gasteiger partial charge in [-0.05, 0) is 59.3 Å². The number of nitrogens with zero attached hydrogens (tertiary/aromatic N) is 9. The Balaban J connectivity index is 0.000000241. The summed E-state index contributed by atoms with van der Waals surface area (Å²) in [5.74, 6) is -13.5. The molecule has 11 N–H and O–H groups in total. The standard InChI is InChI=1S/2C34H50N6O10S2/c2*1-13-23(36-24(33(47)48)27(13)51-17-9-19(35-11-17)29(43)37(5)6)21(15(3)41)31(45)39-12-18(10-20(39)30(44)38(7)8)52-28-14(2)25-22(16(4)42)32(46)40(25)26(28)34(49)50/h13-23,25,35-36,41-42H,9-12H2,1-8H3,(H,47,48)(H,49,50);13-23,25,27,35,41-42H,9-12H2,1-8H3,(H,47,48)(H,49,50)/t13-,14-,15-,16-,17+,18+,19+,20+,21?,22-,23?,25-;13-,14-,15-,16-,17+,18+,19+,20+,21?,22-,23?,25-,27?/m11/s1. The zero-order chi connectivity index (χ0) is 77.3. The average Bonchev–Trinajstić information content (AvgIpc) is 1.55. The van der Waals surface area contributed by atoms with E-state index in [-0.39, 0.29) is 82.9 Å². The first kappa shape index (κ1) is 81.6. The lowest BCUT2D eigenvalue weighted by atomic mass is 9.79. The van der Waals surface area contributed by atoms with E-state index in [1.165, 1.54) is 114 Å². The Bertz CT molecular complexity index is 3600. The van der Waals surface area contributed by atoms with Crippen LogP contribution in [0.1, 0.15) is 81.1 Å². The maximum atomic E-state index is 14.6. The molecule has 0 aromatic heterocycles. The third-order valence-corrected chi connectivity index (χ3v) is 28.1. The molecule has 8 amide bonds. The van der Waals surface area contributed by atoms with Crippen molar-refractivity contribution in [1.29, 1.82) is 0 Å². The number of aliphatic hydroxyl groups is 4. The summed E-state index contributed by atoms with van der Waals surface area (Å²) in [5.41, 5.74) is -0.489. The van der Waals surface area contributed by atoms with Crippen molar-refractivity contribution in [3.05, 3.63) is 31.8 Å². The van der Waals surface area contributed by atoms with Gasteiger partial charge in [-0.25, -0.2) is 19.2 Å². The van der Waals surface area contributed by atoms with Crippen LogP contribution in [0.15, 0.2) is 36.8 Å². The predicted octanol–water partition coefficient (Wildman–Crippen LogP) is -1.22. The lowest BCUT2D eigenvalue weighted by Gasteiger charge is -2.46. The Morgan fingerprint density at radius 2 is 0.894 bits per heavy atom. The maximum absolute atomic E-state index is 14.6. The molecule has 0 aromatic rings. The summed E-state index contributed by atoms with van der Waals surface area (Å²) in [6, 6.07) is -5.48. The summed E-state index contributed by atoms with van der Waals surface area (Å²) in [6.07, 6.45) is -3.10. The van der Waals surface area contributed by atoms with Gasteiger partial charge in [0.15, 0.2) is 0 Å². The molecule has 6 fully saturated rings. The first-order chi connectivity index (χ1) is 48.5. The van der Waals surface area contributed by atoms with Crippen LogP contribution in [-0.4, -0.2) is 338 Å². The van der Waals surface area contributed by atoms with E-state index in [2.05, 4.69) is 20.9 Å². The summed E-state index contributed by atoms with van der Waals surface area (Å²) in [5, 5.41) is 91.2. The maximum Gasteiger partial charge on any atom is 0.353 e. The largest absolute Gasteiger partial charge is 0.477 e. The van der Waals surface area contributed by atoms with Gasteiger partial charge >= 0.3 is 23.9 Å². The van der Waals surface area contributed by atoms with Gasteiger partial charge in [-0.3, -0.25) is 43.3 Å². The number of hydrogen-bond donors (Lipinski definition) is 11. The minimum absolute atomic E-state index is 0.0301. The second kappa shape index (κ2) is 32.1. The number of thioether (sulfide) groups is 4. The molecule has 10 heterocycles. The number of carboxylic acid groups (broad SMARTS) is 4. The highest BCUT2D eigenvalue weighted by molar-refractivity contribution is 8.04. The van der Waals surface area contributed by atoms with Gasteiger partial charge < -0.3 is 96.0 Å². The molecule has 10 aliphatic rings. The zero-order valence-electron chi connectivity index (χ0n) is 61.2. The van der Waals surface area contributed by atoms with Crippen molar-refractivity contribution in [3.8, 4) is 0 Å². The van der Waals surface area contributed by atoms with Crippen molar-refractivity contribution in [2.24, 2.45) is 52.3 Å². The molecule has 10 aliphatic heterocycles. The average molecular weight is 1530 g/mol. The summed E-state index contributed by atoms with van der Waals surface area (Å²) in [7, 11) is 12.9. The number of β-lactam (4-membered cyclic amide) rings is 2. The topological polar surface area (TPSA) is 441 Å². The fourth-order valence-electron chi connectivity index (χ4n) is 16.7. The van der Waals surface area contributed by atoms with Crippen molar-refractivity contribution in [3.63, 3.8) is 0 Å². The number of fused-ring (bicyclic) bond motifs is 2. The molecule has 576 valence electrons. The number of carbonyl (C=O) groups excluding carboxylic acids is 8. The molecule has 32 nitrogen and oxygen atoms in total. The molecular formula is C68H100N12O20S4. The number of aliphatic carboxylic acids is 4. The number of aliphatic imine (C=N–C) groups is 1. The molecule has 5 unspecified atom stereocenters. The molecule has 0 saturated carbocycles. The van der Waals surface area contributed by atoms with Crippen LogP contribution in [0.3, 0.4) is 0 Å². The molecule has 25 atom stereocenters. The molecule has 0 spiro atoms. The van der Waals surface area contributed by atoms with Crippen LogP contribution in [0.2, 0.25) is 0 Å². The van der Waals surface area contributed by atoms with Crippen LogP contribution < -0.4 is 16.0 Å². The summed E-state index contributed by atoms with van der Waals surface area (Å²) in [4.78, 5) is 174. The Hall–Kier alpha value is -6.51. The predicted molar refractivity (Wildman–Crippen MR) is 386 cm³/mol. The molecule has 0 aliphatic carbocycles. The van der Waals surface area contributed by atoms with Gasteiger partial charge in [0.25, 0.3) is 0 Å². The van der Waals surface area contributed by atoms with Crippen molar-refractivity contribution < 1.29 is 98.4 Å². The molecule has 10 rings (SSSR count). The summed E-state index contributed by atoms with van der Waals surface area (Å²) >= 11 is 5.16. The highest BCUT2D eigenvalue weighted by atomic mass is 32.2. The van der Waals surface area contributed by atoms with E-state index in [0.717, 1.165) is 0 Å². The van der Waals surface area contributed by atoms with E-state index in [9.17, 15) is 98.4 Å². The number of likely N-dealkylation sites (N-methyl/N-ethyl adjacent to an activating group) is 4. The number of rotatable bonds is 24. The quantitative estimate of drug-likeness (QED) is 0.0504. The van der Waals surface area contributed by atoms with Gasteiger partial charge in [0.2, 0.25) is 47.3 Å². The third kappa shape index (κ3) is 15.4. The van der Waals surface area contributed by atoms with Crippen molar-refractivity contribution in [2.75, 3.05) is 82.6 Å². The summed E-state index contributed by atoms with van der Waals surface area (Å²) < 4.78 is 0. The first-order valence-electron chi connectivity index (χ1n) is 35.0. The summed E-state index contributed by atoms with van der Waals surface area (Å²) in [6.45, 7) is 14.1. The van der Waals surface area contributed by atoms with Crippen molar-refractivity contribution >= 4 is 124 Å². The number of hydrogen-bond acceptors (Lipinski definition) is 24. The number of nitrogens with one attached hydrogen (secondary N) is 3. The Morgan fingerprint density at radius 1 is 0.500 bits per heavy atom. The van der Waals surface area contributed by atoms with Gasteiger partial charge in [-0.15, -0.1) is 47.0 Å². The number of likely N-dealkylation sites (tertiary alicyclic amines) is 2. The molecular weight excluding hydrogens is 1430 g/mol. The van der Waals surface area contributed by atoms with Crippen LogP contribution in [0.4, 0.5) is 0 Å². The molecule has 6 saturated heterocycles. The Labute approximate surface area is 620 Å². The van der Waals surface area contributed by atoms with Gasteiger partial charge in [-0.2, -0.15) is 0 Å². The van der Waals surface area contributed by atoms with E-state index >= 15 is 0 Å². The Morgan fingerprint density at radius 3 is 1.27 bits per heavy atom. The van der Waals surface area contributed by atoms with Crippen LogP contribution in [0.5, 0.6) is 0 Å². The third-order valence-electron chi connectivity index (χ3n) is 21.9. The molecule has 0 bridgehead atoms. The van der Waals surface area contributed by atoms with Gasteiger partial charge in [-0.1, -0.05) is 27.7 Å². The lowest BCUT2D eigenvalue weighted by Crippen LogP contribution is -2.63. The zero-order valence-corrected chi connectivity index (χ0v) is 64.5. The van der Waals surface area contributed by atoms with Gasteiger partial charge in [0.1, 0.15) is 34.9 Å². The monoisotopic (exact) mass is 1530 g/mol. The van der Waals surface area contributed by atoms with Crippen LogP contribution in [-0.2, 0) is 57.5 Å². The smallest absolute Gasteiger partial charge is 0.353 e. The molecule has 36 heteroatoms. The minimum Gasteiger partial charge on any atom is -0.477 e. The van der Waals surface area contributed by atoms with E-state index in [1.54, 1.807) is 84.1 Å². The second-order valence-electron chi connectivity index (χ2n) is 30.0. The first-order valence-corrected chi connectivity index (χ1v) is 38.6. The van der Waals surface area contributed by atoms with Gasteiger partial charge in [0.05, 0.1) is 83.5 Å². The van der Waals surface area contributed by atoms with E-state index in [1.807, 2.05) is 0 Å². The minimum atomic E-state index is -1.28. The fraction of sp³-hybridized carbons (Fsp3) is 0.721. The number of aliphatic hydroxyl groups excluding tert-OH is 4. The highest BCUT2D eigenvalue weighted by Gasteiger charge is 2.63. The second-order valence-corrected chi connectivity index (χ2v) is 35.4. The van der Waals surface area contributed by atoms with Crippen LogP contribution >= 0.6 is 47.0 Å². The fourth-order valence-corrected chi connectivity index (χ4v) is 22.9. The van der Waals surface area contributed by atoms with Gasteiger partial charge in [0, 0.05) is 142 Å². The highest BCUT2D eigenvalue weighted by Crippen LogP contribution is 2.55. The molecule has 104 heavy (non-hydrogen) atoms. The lowest BCUT2D eigenvalue weighted by molar-refractivity contribution is -0.163. The number of carbonyl (C=O) groups is 12. The van der Waals surface area contributed by atoms with E-state index in [4.69, 9.17) is 0 Å². The van der Waals surface area contributed by atoms with E-state index < -0.39 is 183 Å². The van der Waals surface area contributed by atoms with Crippen molar-refractivity contribution in [2.45, 2.75) is 180 Å². The van der Waals surface area contributed by atoms with Crippen LogP contribution in [0, 0.1) is 47.3 Å².